The average molecular weight is 292 g/mol. The smallest absolute Gasteiger partial charge is 0.131 e. The largest absolute Gasteiger partial charge is 0.354 e. The van der Waals surface area contributed by atoms with Crippen LogP contribution in [0.15, 0.2) is 0 Å². The van der Waals surface area contributed by atoms with Gasteiger partial charge in [-0.15, -0.1) is 0 Å². The van der Waals surface area contributed by atoms with Crippen molar-refractivity contribution in [3.8, 4) is 0 Å². The predicted octanol–water partition coefficient (Wildman–Crippen LogP) is 3.39. The molecule has 0 saturated heterocycles. The van der Waals surface area contributed by atoms with Gasteiger partial charge in [0.1, 0.15) is 5.82 Å². The maximum Gasteiger partial charge on any atom is 0.131 e. The minimum absolute atomic E-state index is 0.561. The summed E-state index contributed by atoms with van der Waals surface area (Å²) in [6.45, 7) is 11.1. The van der Waals surface area contributed by atoms with Crippen LogP contribution >= 0.6 is 0 Å². The molecule has 1 aromatic heterocycles. The summed E-state index contributed by atoms with van der Waals surface area (Å²) in [5.41, 5.74) is 2.56. The van der Waals surface area contributed by atoms with E-state index in [2.05, 4.69) is 49.6 Å². The molecule has 2 rings (SSSR count). The van der Waals surface area contributed by atoms with Gasteiger partial charge in [0.2, 0.25) is 0 Å². The number of unbranched alkanes of at least 4 members (excludes halogenated alkanes) is 1. The summed E-state index contributed by atoms with van der Waals surface area (Å²) < 4.78 is 2.08. The Labute approximate surface area is 129 Å². The molecule has 0 spiro atoms. The summed E-state index contributed by atoms with van der Waals surface area (Å²) in [5, 5.41) is 8.35. The van der Waals surface area contributed by atoms with Crippen molar-refractivity contribution in [2.75, 3.05) is 11.4 Å². The first kappa shape index (κ1) is 16.3. The number of hydrogen-bond acceptors (Lipinski definition) is 3. The fourth-order valence-corrected chi connectivity index (χ4v) is 2.87. The average Bonchev–Trinajstić information content (AvgIpc) is 3.24. The normalized spacial score (nSPS) is 16.2. The van der Waals surface area contributed by atoms with Crippen LogP contribution in [0.5, 0.6) is 0 Å². The lowest BCUT2D eigenvalue weighted by Crippen LogP contribution is -2.36. The van der Waals surface area contributed by atoms with E-state index in [1.54, 1.807) is 0 Å². The van der Waals surface area contributed by atoms with Gasteiger partial charge in [0.05, 0.1) is 5.69 Å². The maximum atomic E-state index is 4.69. The highest BCUT2D eigenvalue weighted by Crippen LogP contribution is 2.28. The molecular formula is C17H32N4. The van der Waals surface area contributed by atoms with Crippen LogP contribution in [0.2, 0.25) is 0 Å². The van der Waals surface area contributed by atoms with E-state index in [0.717, 1.165) is 19.1 Å². The number of anilines is 1. The topological polar surface area (TPSA) is 33.1 Å². The van der Waals surface area contributed by atoms with Gasteiger partial charge in [-0.1, -0.05) is 20.3 Å². The van der Waals surface area contributed by atoms with Gasteiger partial charge in [0.15, 0.2) is 0 Å². The minimum atomic E-state index is 0.561. The van der Waals surface area contributed by atoms with E-state index in [9.17, 15) is 0 Å². The molecule has 0 aliphatic heterocycles. The summed E-state index contributed by atoms with van der Waals surface area (Å²) in [6.07, 6.45) is 6.31. The molecular weight excluding hydrogens is 260 g/mol. The second-order valence-corrected chi connectivity index (χ2v) is 6.47. The molecule has 0 amide bonds. The zero-order valence-corrected chi connectivity index (χ0v) is 14.4. The zero-order chi connectivity index (χ0) is 15.4. The van der Waals surface area contributed by atoms with Gasteiger partial charge in [-0.2, -0.15) is 5.10 Å². The number of nitrogens with one attached hydrogen (secondary N) is 1. The highest BCUT2D eigenvalue weighted by Gasteiger charge is 2.25. The molecule has 1 aliphatic rings. The first-order valence-electron chi connectivity index (χ1n) is 8.60. The lowest BCUT2D eigenvalue weighted by Gasteiger charge is -2.31. The molecule has 21 heavy (non-hydrogen) atoms. The molecule has 0 aromatic carbocycles. The third-order valence-electron chi connectivity index (χ3n) is 4.61. The lowest BCUT2D eigenvalue weighted by molar-refractivity contribution is 0.567. The van der Waals surface area contributed by atoms with Crippen LogP contribution in [0.4, 0.5) is 5.82 Å². The van der Waals surface area contributed by atoms with Crippen molar-refractivity contribution >= 4 is 5.82 Å². The van der Waals surface area contributed by atoms with Gasteiger partial charge >= 0.3 is 0 Å². The van der Waals surface area contributed by atoms with E-state index in [0.29, 0.717) is 6.04 Å². The van der Waals surface area contributed by atoms with Crippen LogP contribution in [-0.2, 0) is 13.6 Å². The molecule has 1 saturated carbocycles. The van der Waals surface area contributed by atoms with Gasteiger partial charge in [-0.25, -0.2) is 0 Å². The second kappa shape index (κ2) is 7.30. The first-order valence-corrected chi connectivity index (χ1v) is 8.60. The summed E-state index contributed by atoms with van der Waals surface area (Å²) in [5.74, 6) is 1.32. The number of nitrogens with zero attached hydrogens (tertiary/aromatic N) is 3. The molecule has 4 nitrogen and oxygen atoms in total. The van der Waals surface area contributed by atoms with Crippen LogP contribution in [0.3, 0.4) is 0 Å². The fourth-order valence-electron chi connectivity index (χ4n) is 2.87. The van der Waals surface area contributed by atoms with E-state index in [1.807, 2.05) is 0 Å². The van der Waals surface area contributed by atoms with Gasteiger partial charge < -0.3 is 10.2 Å². The third kappa shape index (κ3) is 4.00. The first-order chi connectivity index (χ1) is 10.1. The number of rotatable bonds is 9. The zero-order valence-electron chi connectivity index (χ0n) is 14.4. The Kier molecular flexibility index (Phi) is 5.68. The van der Waals surface area contributed by atoms with Gasteiger partial charge in [0, 0.05) is 37.8 Å². The predicted molar refractivity (Wildman–Crippen MR) is 89.8 cm³/mol. The van der Waals surface area contributed by atoms with E-state index in [1.165, 1.54) is 49.2 Å². The van der Waals surface area contributed by atoms with Gasteiger partial charge in [-0.05, 0) is 39.5 Å². The van der Waals surface area contributed by atoms with Crippen molar-refractivity contribution < 1.29 is 0 Å². The summed E-state index contributed by atoms with van der Waals surface area (Å²) in [6, 6.07) is 1.30. The number of hydrogen-bond donors (Lipinski definition) is 1. The highest BCUT2D eigenvalue weighted by molar-refractivity contribution is 5.51. The van der Waals surface area contributed by atoms with Crippen molar-refractivity contribution in [3.63, 3.8) is 0 Å². The van der Waals surface area contributed by atoms with Gasteiger partial charge in [0.25, 0.3) is 0 Å². The fraction of sp³-hybridized carbons (Fsp3) is 0.824. The molecule has 4 heteroatoms. The molecule has 1 unspecified atom stereocenters. The molecule has 120 valence electrons. The van der Waals surface area contributed by atoms with E-state index < -0.39 is 0 Å². The standard InChI is InChI=1S/C17H32N4/c1-6-8-11-21(13(3)7-2)17-16(12-18-15-9-10-15)14(4)19-20(17)5/h13,15,18H,6-12H2,1-5H3. The third-order valence-corrected chi connectivity index (χ3v) is 4.61. The number of aryl methyl sites for hydroxylation is 2. The Balaban J connectivity index is 2.23. The molecule has 1 N–H and O–H groups in total. The SMILES string of the molecule is CCCCN(c1c(CNC2CC2)c(C)nn1C)C(C)CC. The Bertz CT molecular complexity index is 448. The van der Waals surface area contributed by atoms with E-state index in [-0.39, 0.29) is 0 Å². The quantitative estimate of drug-likeness (QED) is 0.757. The van der Waals surface area contributed by atoms with Crippen molar-refractivity contribution in [3.05, 3.63) is 11.3 Å². The van der Waals surface area contributed by atoms with Crippen LogP contribution in [0.1, 0.15) is 64.1 Å². The Hall–Kier alpha value is -1.03. The lowest BCUT2D eigenvalue weighted by atomic mass is 10.1. The molecule has 1 heterocycles. The summed E-state index contributed by atoms with van der Waals surface area (Å²) >= 11 is 0. The number of aromatic nitrogens is 2. The highest BCUT2D eigenvalue weighted by atomic mass is 15.4. The van der Waals surface area contributed by atoms with Crippen molar-refractivity contribution in [1.82, 2.24) is 15.1 Å². The van der Waals surface area contributed by atoms with Crippen molar-refractivity contribution in [2.24, 2.45) is 7.05 Å². The van der Waals surface area contributed by atoms with Crippen LogP contribution in [0, 0.1) is 6.92 Å². The molecule has 0 radical (unpaired) electrons. The monoisotopic (exact) mass is 292 g/mol. The molecule has 1 fully saturated rings. The summed E-state index contributed by atoms with van der Waals surface area (Å²) in [4.78, 5) is 2.56. The maximum absolute atomic E-state index is 4.69. The Morgan fingerprint density at radius 1 is 1.38 bits per heavy atom. The van der Waals surface area contributed by atoms with Crippen LogP contribution in [-0.4, -0.2) is 28.4 Å². The Morgan fingerprint density at radius 2 is 2.10 bits per heavy atom. The Morgan fingerprint density at radius 3 is 2.67 bits per heavy atom. The van der Waals surface area contributed by atoms with E-state index >= 15 is 0 Å². The second-order valence-electron chi connectivity index (χ2n) is 6.47. The van der Waals surface area contributed by atoms with Crippen molar-refractivity contribution in [2.45, 2.75) is 78.4 Å². The molecule has 0 bridgehead atoms. The van der Waals surface area contributed by atoms with E-state index in [4.69, 9.17) is 5.10 Å². The van der Waals surface area contributed by atoms with Crippen molar-refractivity contribution in [1.29, 1.82) is 0 Å². The molecule has 1 aromatic rings. The summed E-state index contributed by atoms with van der Waals surface area (Å²) in [7, 11) is 2.09. The van der Waals surface area contributed by atoms with Gasteiger partial charge in [-0.3, -0.25) is 4.68 Å². The van der Waals surface area contributed by atoms with Crippen LogP contribution in [0.25, 0.3) is 0 Å². The molecule has 1 aliphatic carbocycles. The molecule has 1 atom stereocenters. The minimum Gasteiger partial charge on any atom is -0.354 e. The van der Waals surface area contributed by atoms with Crippen LogP contribution < -0.4 is 10.2 Å².